The van der Waals surface area contributed by atoms with Crippen molar-refractivity contribution < 1.29 is 33.3 Å². The molecule has 10 N–H and O–H groups in total. The van der Waals surface area contributed by atoms with Gasteiger partial charge < -0.3 is 59.7 Å². The fourth-order valence-corrected chi connectivity index (χ4v) is 18.7. The first kappa shape index (κ1) is 76.9. The molecule has 5 aliphatic heterocycles. The number of rotatable bonds is 12. The molecule has 8 aromatic carbocycles. The SMILES string of the molecule is COc1ccc(C2NC(C(=O)N3CCOCC3)Cc3c2[nH]c2ccc(Br)cc32)cc1.COc1ccc(C2NC(C(=O)NC3CCCCC3)Cc3c2[nH]c2ccc(Br)cc32)cc1.COc1ccc(C2NC(C(=O)Nc3ncc(C)s3)Cc3c2[nH]c2ccc(Br)cc32)cc1.Clc1ccc2[nH]c3c(c2c1)CNCC3c1ccccc1. The zero-order valence-corrected chi connectivity index (χ0v) is 68.8. The van der Waals surface area contributed by atoms with Crippen molar-refractivity contribution >= 4 is 137 Å². The minimum absolute atomic E-state index is 0.0806. The molecule has 19 nitrogen and oxygen atoms in total. The number of aryl methyl sites for hydroxylation is 1. The van der Waals surface area contributed by atoms with Gasteiger partial charge >= 0.3 is 0 Å². The molecule has 10 heterocycles. The molecule has 2 fully saturated rings. The zero-order chi connectivity index (χ0) is 77.1. The third-order valence-corrected chi connectivity index (χ3v) is 24.9. The number of carbonyl (C=O) groups excluding carboxylic acids is 3. The Hall–Kier alpha value is -9.11. The first-order valence-electron chi connectivity index (χ1n) is 38.2. The van der Waals surface area contributed by atoms with Crippen LogP contribution in [0.1, 0.15) is 128 Å². The van der Waals surface area contributed by atoms with Gasteiger partial charge in [-0.1, -0.05) is 145 Å². The standard InChI is InChI=1S/C25H28BrN3O2.C23H21BrN4O2S.C23H24BrN3O3.C17H15ClN2/c1-31-18-10-7-15(8-11-18)23-24-20(19-13-16(26)9-12-21(19)28-24)14-22(29-23)25(30)27-17-5-3-2-4-6-17;1-12-11-25-23(31-12)28-22(29)19-10-17-16-9-14(24)5-8-18(16)26-21(17)20(27-19)13-3-6-15(30-2)7-4-13;1-29-16-5-2-14(3-6-16)21-22-18(17-12-15(24)4-7-19(17)25-22)13-20(26-21)23(28)27-8-10-30-11-9-27;18-12-6-7-16-13(8-12)15-10-19-9-14(17(15)20-16)11-4-2-1-3-5-11/h7-13,17,22-23,28-29H,2-6,14H2,1H3,(H,27,30);3-9,11,19-20,26-27H,10H2,1-2H3,(H,25,28,29);2-7,12,20-21,25-26H,8-11,13H2,1H3;1-8,14,19-20H,9-10H2. The molecule has 1 saturated heterocycles. The molecule has 24 heteroatoms. The summed E-state index contributed by atoms with van der Waals surface area (Å²) in [7, 11) is 4.99. The predicted octanol–water partition coefficient (Wildman–Crippen LogP) is 17.4. The monoisotopic (exact) mass is 1730 g/mol. The molecule has 576 valence electrons. The van der Waals surface area contributed by atoms with Gasteiger partial charge in [-0.05, 0) is 193 Å². The maximum atomic E-state index is 13.3. The molecular formula is C88H88Br3ClN12O7S. The van der Waals surface area contributed by atoms with Gasteiger partial charge in [-0.3, -0.25) is 30.3 Å². The Morgan fingerprint density at radius 2 is 0.964 bits per heavy atom. The molecule has 0 bridgehead atoms. The number of H-pyrrole nitrogens is 4. The van der Waals surface area contributed by atoms with Gasteiger partial charge in [0.2, 0.25) is 17.7 Å². The maximum Gasteiger partial charge on any atom is 0.243 e. The normalized spacial score (nSPS) is 20.0. The lowest BCUT2D eigenvalue weighted by Crippen LogP contribution is -2.53. The quantitative estimate of drug-likeness (QED) is 0.0550. The fourth-order valence-electron chi connectivity index (χ4n) is 16.7. The number of carbonyl (C=O) groups is 3. The highest BCUT2D eigenvalue weighted by molar-refractivity contribution is 9.11. The lowest BCUT2D eigenvalue weighted by atomic mass is 9.89. The largest absolute Gasteiger partial charge is 0.497 e. The summed E-state index contributed by atoms with van der Waals surface area (Å²) in [6.07, 6.45) is 9.57. The van der Waals surface area contributed by atoms with E-state index in [1.54, 1.807) is 27.5 Å². The number of nitrogens with one attached hydrogen (secondary N) is 10. The Labute approximate surface area is 684 Å². The van der Waals surface area contributed by atoms with Gasteiger partial charge in [-0.25, -0.2) is 4.98 Å². The van der Waals surface area contributed by atoms with Crippen molar-refractivity contribution in [3.63, 3.8) is 0 Å². The van der Waals surface area contributed by atoms with Gasteiger partial charge in [0, 0.05) is 134 Å². The van der Waals surface area contributed by atoms with E-state index in [1.165, 1.54) is 80.2 Å². The van der Waals surface area contributed by atoms with E-state index in [-0.39, 0.29) is 54.0 Å². The summed E-state index contributed by atoms with van der Waals surface area (Å²) in [5.41, 5.74) is 18.7. The smallest absolute Gasteiger partial charge is 0.243 e. The minimum Gasteiger partial charge on any atom is -0.497 e. The number of aromatic nitrogens is 5. The van der Waals surface area contributed by atoms with E-state index < -0.39 is 0 Å². The van der Waals surface area contributed by atoms with Gasteiger partial charge in [0.1, 0.15) is 17.2 Å². The molecule has 5 aromatic heterocycles. The molecule has 13 aromatic rings. The molecule has 7 unspecified atom stereocenters. The van der Waals surface area contributed by atoms with Gasteiger partial charge in [-0.2, -0.15) is 0 Å². The molecule has 6 aliphatic rings. The van der Waals surface area contributed by atoms with Crippen LogP contribution in [-0.4, -0.2) is 126 Å². The van der Waals surface area contributed by atoms with E-state index in [4.69, 9.17) is 30.5 Å². The number of aromatic amines is 4. The van der Waals surface area contributed by atoms with Gasteiger partial charge in [0.15, 0.2) is 5.13 Å². The Morgan fingerprint density at radius 3 is 1.44 bits per heavy atom. The number of ether oxygens (including phenoxy) is 4. The second-order valence-corrected chi connectivity index (χ2v) is 33.8. The second-order valence-electron chi connectivity index (χ2n) is 29.4. The van der Waals surface area contributed by atoms with Crippen LogP contribution >= 0.6 is 70.7 Å². The third-order valence-electron chi connectivity index (χ3n) is 22.4. The topological polar surface area (TPSA) is 240 Å². The molecule has 3 amide bonds. The Morgan fingerprint density at radius 1 is 0.518 bits per heavy atom. The second kappa shape index (κ2) is 34.3. The van der Waals surface area contributed by atoms with Crippen molar-refractivity contribution in [2.24, 2.45) is 0 Å². The van der Waals surface area contributed by atoms with Gasteiger partial charge in [0.05, 0.1) is 70.8 Å². The summed E-state index contributed by atoms with van der Waals surface area (Å²) in [6.45, 7) is 6.35. The first-order valence-corrected chi connectivity index (χ1v) is 41.7. The van der Waals surface area contributed by atoms with E-state index in [2.05, 4.69) is 208 Å². The Kier molecular flexibility index (Phi) is 23.5. The zero-order valence-electron chi connectivity index (χ0n) is 62.5. The number of nitrogens with zero attached hydrogens (tertiary/aromatic N) is 2. The Balaban J connectivity index is 0.000000114. The lowest BCUT2D eigenvalue weighted by Gasteiger charge is -2.35. The predicted molar refractivity (Wildman–Crippen MR) is 456 cm³/mol. The number of anilines is 1. The summed E-state index contributed by atoms with van der Waals surface area (Å²) in [6, 6.07) is 58.6. The number of halogens is 4. The van der Waals surface area contributed by atoms with E-state index in [0.29, 0.717) is 62.7 Å². The third kappa shape index (κ3) is 16.6. The van der Waals surface area contributed by atoms with Crippen molar-refractivity contribution in [2.45, 2.75) is 113 Å². The number of hydrogen-bond acceptors (Lipinski definition) is 13. The van der Waals surface area contributed by atoms with Crippen molar-refractivity contribution in [3.05, 3.63) is 273 Å². The van der Waals surface area contributed by atoms with E-state index >= 15 is 0 Å². The molecular weight excluding hydrogens is 1640 g/mol. The fraction of sp³-hybridized carbons (Fsp3) is 0.295. The van der Waals surface area contributed by atoms with Crippen molar-refractivity contribution in [2.75, 3.05) is 59.5 Å². The van der Waals surface area contributed by atoms with E-state index in [9.17, 15) is 14.4 Å². The average Bonchev–Trinajstić information content (AvgIpc) is 1.64. The highest BCUT2D eigenvalue weighted by atomic mass is 79.9. The summed E-state index contributed by atoms with van der Waals surface area (Å²) in [4.78, 5) is 61.4. The first-order chi connectivity index (χ1) is 54.6. The summed E-state index contributed by atoms with van der Waals surface area (Å²) >= 11 is 18.4. The number of thiazole rings is 1. The molecule has 0 radical (unpaired) electrons. The van der Waals surface area contributed by atoms with Crippen LogP contribution in [-0.2, 0) is 44.9 Å². The van der Waals surface area contributed by atoms with Gasteiger partial charge in [-0.15, -0.1) is 11.3 Å². The lowest BCUT2D eigenvalue weighted by molar-refractivity contribution is -0.137. The Bertz CT molecular complexity index is 5540. The van der Waals surface area contributed by atoms with Crippen LogP contribution < -0.4 is 46.1 Å². The highest BCUT2D eigenvalue weighted by Crippen LogP contribution is 2.42. The average molecular weight is 1730 g/mol. The van der Waals surface area contributed by atoms with Crippen LogP contribution in [0.15, 0.2) is 196 Å². The maximum absolute atomic E-state index is 13.3. The number of morpholine rings is 1. The van der Waals surface area contributed by atoms with Crippen LogP contribution in [0.2, 0.25) is 5.02 Å². The number of fused-ring (bicyclic) bond motifs is 12. The van der Waals surface area contributed by atoms with Gasteiger partial charge in [0.25, 0.3) is 0 Å². The summed E-state index contributed by atoms with van der Waals surface area (Å²) in [5.74, 6) is 3.00. The van der Waals surface area contributed by atoms with Crippen LogP contribution in [0.3, 0.4) is 0 Å². The van der Waals surface area contributed by atoms with E-state index in [0.717, 1.165) is 128 Å². The van der Waals surface area contributed by atoms with Crippen molar-refractivity contribution in [1.82, 2.24) is 56.4 Å². The van der Waals surface area contributed by atoms with Crippen LogP contribution in [0.4, 0.5) is 5.13 Å². The summed E-state index contributed by atoms with van der Waals surface area (Å²) < 4.78 is 24.5. The minimum atomic E-state index is -0.387. The number of methoxy groups -OCH3 is 3. The van der Waals surface area contributed by atoms with E-state index in [1.807, 2.05) is 84.6 Å². The summed E-state index contributed by atoms with van der Waals surface area (Å²) in [5, 5.41) is 26.7. The van der Waals surface area contributed by atoms with Crippen LogP contribution in [0.25, 0.3) is 43.6 Å². The van der Waals surface area contributed by atoms with Crippen LogP contribution in [0.5, 0.6) is 17.2 Å². The number of benzene rings is 8. The van der Waals surface area contributed by atoms with Crippen molar-refractivity contribution in [1.29, 1.82) is 0 Å². The molecule has 1 saturated carbocycles. The molecule has 19 rings (SSSR count). The van der Waals surface area contributed by atoms with Crippen molar-refractivity contribution in [3.8, 4) is 17.2 Å². The highest BCUT2D eigenvalue weighted by Gasteiger charge is 2.39. The number of amides is 3. The molecule has 112 heavy (non-hydrogen) atoms. The number of hydrogen-bond donors (Lipinski definition) is 10. The molecule has 0 spiro atoms. The molecule has 1 aliphatic carbocycles. The van der Waals surface area contributed by atoms with Crippen LogP contribution in [0, 0.1) is 6.92 Å². The molecule has 7 atom stereocenters.